The normalized spacial score (nSPS) is 23.2. The van der Waals surface area contributed by atoms with Crippen molar-refractivity contribution in [3.8, 4) is 0 Å². The summed E-state index contributed by atoms with van der Waals surface area (Å²) < 4.78 is 0. The number of halogens is 1. The van der Waals surface area contributed by atoms with Gasteiger partial charge in [0.15, 0.2) is 0 Å². The van der Waals surface area contributed by atoms with Crippen LogP contribution in [0.3, 0.4) is 0 Å². The van der Waals surface area contributed by atoms with Crippen molar-refractivity contribution in [3.63, 3.8) is 0 Å². The van der Waals surface area contributed by atoms with E-state index in [1.54, 1.807) is 6.92 Å². The summed E-state index contributed by atoms with van der Waals surface area (Å²) in [6.45, 7) is 4.35. The Morgan fingerprint density at radius 2 is 2.24 bits per heavy atom. The molecule has 1 saturated carbocycles. The Hall–Kier alpha value is -1.26. The Bertz CT molecular complexity index is 493. The van der Waals surface area contributed by atoms with Crippen LogP contribution in [-0.4, -0.2) is 29.8 Å². The molecule has 1 aromatic carbocycles. The van der Waals surface area contributed by atoms with Gasteiger partial charge in [-0.1, -0.05) is 30.7 Å². The first kappa shape index (κ1) is 16.1. The minimum absolute atomic E-state index is 0.137. The van der Waals surface area contributed by atoms with Gasteiger partial charge in [-0.25, -0.2) is 4.79 Å². The molecule has 3 N–H and O–H groups in total. The molecule has 116 valence electrons. The van der Waals surface area contributed by atoms with Crippen molar-refractivity contribution in [1.29, 1.82) is 0 Å². The molecule has 2 amide bonds. The first-order valence-electron chi connectivity index (χ1n) is 7.43. The van der Waals surface area contributed by atoms with E-state index in [2.05, 4.69) is 10.6 Å². The van der Waals surface area contributed by atoms with Crippen LogP contribution >= 0.6 is 11.6 Å². The van der Waals surface area contributed by atoms with Crippen molar-refractivity contribution in [2.75, 3.05) is 6.54 Å². The van der Waals surface area contributed by atoms with E-state index in [1.165, 1.54) is 5.56 Å². The molecule has 21 heavy (non-hydrogen) atoms. The lowest BCUT2D eigenvalue weighted by Gasteiger charge is -2.14. The number of carbonyl (C=O) groups is 1. The van der Waals surface area contributed by atoms with Gasteiger partial charge >= 0.3 is 6.03 Å². The third kappa shape index (κ3) is 5.21. The average molecular weight is 311 g/mol. The van der Waals surface area contributed by atoms with Crippen molar-refractivity contribution in [1.82, 2.24) is 10.6 Å². The second kappa shape index (κ2) is 7.14. The van der Waals surface area contributed by atoms with Crippen molar-refractivity contribution < 1.29 is 9.90 Å². The Labute approximate surface area is 130 Å². The van der Waals surface area contributed by atoms with Crippen LogP contribution in [0.25, 0.3) is 0 Å². The Balaban J connectivity index is 1.71. The number of aliphatic hydroxyl groups is 1. The summed E-state index contributed by atoms with van der Waals surface area (Å²) in [4.78, 5) is 11.8. The molecule has 5 heteroatoms. The molecule has 2 rings (SSSR count). The monoisotopic (exact) mass is 310 g/mol. The molecule has 0 aliphatic heterocycles. The fourth-order valence-electron chi connectivity index (χ4n) is 2.61. The van der Waals surface area contributed by atoms with E-state index < -0.39 is 0 Å². The van der Waals surface area contributed by atoms with Gasteiger partial charge in [-0.15, -0.1) is 0 Å². The van der Waals surface area contributed by atoms with Gasteiger partial charge in [0.2, 0.25) is 0 Å². The van der Waals surface area contributed by atoms with Gasteiger partial charge in [0.05, 0.1) is 6.10 Å². The molecule has 0 saturated heterocycles. The third-order valence-electron chi connectivity index (χ3n) is 3.74. The minimum atomic E-state index is -0.333. The molecule has 4 nitrogen and oxygen atoms in total. The first-order valence-corrected chi connectivity index (χ1v) is 7.81. The molecule has 0 bridgehead atoms. The van der Waals surface area contributed by atoms with Crippen LogP contribution < -0.4 is 10.6 Å². The topological polar surface area (TPSA) is 61.4 Å². The quantitative estimate of drug-likeness (QED) is 0.756. The van der Waals surface area contributed by atoms with Crippen LogP contribution in [0.1, 0.15) is 38.2 Å². The predicted molar refractivity (Wildman–Crippen MR) is 84.6 cm³/mol. The van der Waals surface area contributed by atoms with Gasteiger partial charge in [0, 0.05) is 23.5 Å². The summed E-state index contributed by atoms with van der Waals surface area (Å²) in [6, 6.07) is 7.84. The molecular weight excluding hydrogens is 288 g/mol. The van der Waals surface area contributed by atoms with Crippen LogP contribution in [-0.2, 0) is 0 Å². The van der Waals surface area contributed by atoms with E-state index >= 15 is 0 Å². The van der Waals surface area contributed by atoms with Crippen LogP contribution in [0.4, 0.5) is 4.79 Å². The van der Waals surface area contributed by atoms with E-state index in [9.17, 15) is 9.90 Å². The molecule has 0 aromatic heterocycles. The van der Waals surface area contributed by atoms with E-state index in [0.717, 1.165) is 11.4 Å². The highest BCUT2D eigenvalue weighted by Gasteiger charge is 2.39. The maximum absolute atomic E-state index is 11.8. The Kier molecular flexibility index (Phi) is 5.48. The van der Waals surface area contributed by atoms with Crippen molar-refractivity contribution in [2.45, 2.75) is 44.8 Å². The van der Waals surface area contributed by atoms with Crippen molar-refractivity contribution >= 4 is 17.6 Å². The van der Waals surface area contributed by atoms with Gasteiger partial charge in [0.1, 0.15) is 0 Å². The zero-order valence-corrected chi connectivity index (χ0v) is 13.2. The predicted octanol–water partition coefficient (Wildman–Crippen LogP) is 2.90. The highest BCUT2D eigenvalue weighted by Crippen LogP contribution is 2.41. The molecule has 1 aliphatic carbocycles. The molecular formula is C16H23ClN2O2. The smallest absolute Gasteiger partial charge is 0.315 e. The fraction of sp³-hybridized carbons (Fsp3) is 0.562. The molecule has 1 aliphatic rings. The second-order valence-corrected chi connectivity index (χ2v) is 6.48. The lowest BCUT2D eigenvalue weighted by molar-refractivity contribution is 0.163. The number of rotatable bonds is 6. The SMILES string of the molecule is CC(O)CC(C)CNC(=O)NC1CC1c1cccc(Cl)c1. The van der Waals surface area contributed by atoms with Crippen molar-refractivity contribution in [2.24, 2.45) is 5.92 Å². The zero-order chi connectivity index (χ0) is 15.4. The number of hydrogen-bond acceptors (Lipinski definition) is 2. The van der Waals surface area contributed by atoms with E-state index in [4.69, 9.17) is 11.6 Å². The van der Waals surface area contributed by atoms with E-state index in [-0.39, 0.29) is 24.1 Å². The average Bonchev–Trinajstić information content (AvgIpc) is 3.15. The number of nitrogens with one attached hydrogen (secondary N) is 2. The minimum Gasteiger partial charge on any atom is -0.393 e. The lowest BCUT2D eigenvalue weighted by atomic mass is 10.1. The number of amides is 2. The van der Waals surface area contributed by atoms with Crippen LogP contribution in [0.2, 0.25) is 5.02 Å². The molecule has 4 atom stereocenters. The molecule has 0 heterocycles. The number of hydrogen-bond donors (Lipinski definition) is 3. The zero-order valence-electron chi connectivity index (χ0n) is 12.5. The summed E-state index contributed by atoms with van der Waals surface area (Å²) in [5.41, 5.74) is 1.18. The molecule has 1 aromatic rings. The van der Waals surface area contributed by atoms with Crippen LogP contribution in [0.15, 0.2) is 24.3 Å². The fourth-order valence-corrected chi connectivity index (χ4v) is 2.81. The summed E-state index contributed by atoms with van der Waals surface area (Å²) in [5.74, 6) is 0.628. The maximum Gasteiger partial charge on any atom is 0.315 e. The summed E-state index contributed by atoms with van der Waals surface area (Å²) in [6.07, 6.45) is 1.31. The highest BCUT2D eigenvalue weighted by atomic mass is 35.5. The van der Waals surface area contributed by atoms with Gasteiger partial charge in [-0.05, 0) is 43.4 Å². The first-order chi connectivity index (χ1) is 9.95. The summed E-state index contributed by atoms with van der Waals surface area (Å²) in [5, 5.41) is 15.8. The Morgan fingerprint density at radius 3 is 2.90 bits per heavy atom. The van der Waals surface area contributed by atoms with Gasteiger partial charge in [-0.3, -0.25) is 0 Å². The Morgan fingerprint density at radius 1 is 1.48 bits per heavy atom. The number of carbonyl (C=O) groups excluding carboxylic acids is 1. The summed E-state index contributed by atoms with van der Waals surface area (Å²) >= 11 is 5.98. The van der Waals surface area contributed by atoms with Crippen molar-refractivity contribution in [3.05, 3.63) is 34.9 Å². The van der Waals surface area contributed by atoms with Gasteiger partial charge < -0.3 is 15.7 Å². The molecule has 0 radical (unpaired) electrons. The molecule has 1 fully saturated rings. The number of aliphatic hydroxyl groups excluding tert-OH is 1. The van der Waals surface area contributed by atoms with Crippen LogP contribution in [0.5, 0.6) is 0 Å². The largest absolute Gasteiger partial charge is 0.393 e. The summed E-state index contributed by atoms with van der Waals surface area (Å²) in [7, 11) is 0. The van der Waals surface area contributed by atoms with E-state index in [0.29, 0.717) is 18.9 Å². The number of benzene rings is 1. The third-order valence-corrected chi connectivity index (χ3v) is 3.97. The van der Waals surface area contributed by atoms with Crippen LogP contribution in [0, 0.1) is 5.92 Å². The highest BCUT2D eigenvalue weighted by molar-refractivity contribution is 6.30. The molecule has 4 unspecified atom stereocenters. The standard InChI is InChI=1S/C16H23ClN2O2/c1-10(6-11(2)20)9-18-16(21)19-15-8-14(15)12-4-3-5-13(17)7-12/h3-5,7,10-11,14-15,20H,6,8-9H2,1-2H3,(H2,18,19,21). The number of urea groups is 1. The van der Waals surface area contributed by atoms with E-state index in [1.807, 2.05) is 31.2 Å². The second-order valence-electron chi connectivity index (χ2n) is 6.05. The van der Waals surface area contributed by atoms with Gasteiger partial charge in [-0.2, -0.15) is 0 Å². The lowest BCUT2D eigenvalue weighted by Crippen LogP contribution is -2.39. The molecule has 0 spiro atoms. The van der Waals surface area contributed by atoms with Gasteiger partial charge in [0.25, 0.3) is 0 Å². The maximum atomic E-state index is 11.8.